The summed E-state index contributed by atoms with van der Waals surface area (Å²) in [5.41, 5.74) is 1.54. The molecule has 0 spiro atoms. The molecule has 0 unspecified atom stereocenters. The Morgan fingerprint density at radius 3 is 2.82 bits per heavy atom. The van der Waals surface area contributed by atoms with E-state index in [0.717, 1.165) is 5.69 Å². The number of hydrogen-bond donors (Lipinski definition) is 0. The molecule has 0 aromatic carbocycles. The highest BCUT2D eigenvalue weighted by Crippen LogP contribution is 2.32. The second kappa shape index (κ2) is 5.21. The Hall–Kier alpha value is -0.840. The van der Waals surface area contributed by atoms with E-state index in [1.54, 1.807) is 16.9 Å². The summed E-state index contributed by atoms with van der Waals surface area (Å²) in [7, 11) is 1.86. The van der Waals surface area contributed by atoms with Crippen LogP contribution in [0, 0.1) is 0 Å². The highest BCUT2D eigenvalue weighted by molar-refractivity contribution is 7.20. The molecule has 6 heteroatoms. The number of thiophene rings is 1. The van der Waals surface area contributed by atoms with Crippen molar-refractivity contribution in [2.75, 3.05) is 0 Å². The summed E-state index contributed by atoms with van der Waals surface area (Å²) in [5, 5.41) is 4.05. The first-order valence-electron chi connectivity index (χ1n) is 5.03. The van der Waals surface area contributed by atoms with Crippen molar-refractivity contribution in [1.82, 2.24) is 9.78 Å². The van der Waals surface area contributed by atoms with Crippen molar-refractivity contribution in [3.8, 4) is 0 Å². The number of hydrogen-bond acceptors (Lipinski definition) is 3. The van der Waals surface area contributed by atoms with Crippen LogP contribution in [-0.2, 0) is 13.5 Å². The fourth-order valence-electron chi connectivity index (χ4n) is 1.55. The van der Waals surface area contributed by atoms with Gasteiger partial charge in [0.05, 0.1) is 4.34 Å². The van der Waals surface area contributed by atoms with Crippen molar-refractivity contribution in [1.29, 1.82) is 0 Å². The molecule has 17 heavy (non-hydrogen) atoms. The number of nitrogens with zero attached hydrogens (tertiary/aromatic N) is 2. The van der Waals surface area contributed by atoms with E-state index in [-0.39, 0.29) is 5.78 Å². The maximum absolute atomic E-state index is 11.9. The number of halogens is 2. The molecule has 2 aromatic rings. The molecular formula is C11H10Cl2N2OS. The molecule has 0 N–H and O–H groups in total. The Kier molecular flexibility index (Phi) is 3.86. The van der Waals surface area contributed by atoms with Gasteiger partial charge in [-0.15, -0.1) is 11.3 Å². The van der Waals surface area contributed by atoms with Gasteiger partial charge in [-0.25, -0.2) is 0 Å². The number of carbonyl (C=O) groups is 1. The lowest BCUT2D eigenvalue weighted by Crippen LogP contribution is -2.04. The summed E-state index contributed by atoms with van der Waals surface area (Å²) in [6, 6.07) is 3.52. The monoisotopic (exact) mass is 288 g/mol. The zero-order valence-electron chi connectivity index (χ0n) is 9.11. The average molecular weight is 289 g/mol. The standard InChI is InChI=1S/C11H10Cl2N2OS/c1-15-7(4-5-14-15)2-3-9(16)8-6-10(12)17-11(8)13/h4-6H,2-3H2,1H3. The summed E-state index contributed by atoms with van der Waals surface area (Å²) in [6.07, 6.45) is 2.78. The van der Waals surface area contributed by atoms with Crippen LogP contribution in [0.5, 0.6) is 0 Å². The maximum atomic E-state index is 11.9. The largest absolute Gasteiger partial charge is 0.294 e. The smallest absolute Gasteiger partial charge is 0.165 e. The predicted octanol–water partition coefficient (Wildman–Crippen LogP) is 3.60. The second-order valence-corrected chi connectivity index (χ2v) is 5.89. The Bertz CT molecular complexity index is 547. The fraction of sp³-hybridized carbons (Fsp3) is 0.273. The number of Topliss-reactive ketones (excluding diaryl/α,β-unsaturated/α-hetero) is 1. The van der Waals surface area contributed by atoms with E-state index >= 15 is 0 Å². The third-order valence-electron chi connectivity index (χ3n) is 2.49. The van der Waals surface area contributed by atoms with Crippen LogP contribution >= 0.6 is 34.5 Å². The molecule has 90 valence electrons. The Labute approximate surface area is 113 Å². The number of ketones is 1. The van der Waals surface area contributed by atoms with Crippen LogP contribution in [0.2, 0.25) is 8.67 Å². The highest BCUT2D eigenvalue weighted by Gasteiger charge is 2.14. The van der Waals surface area contributed by atoms with Gasteiger partial charge in [0.15, 0.2) is 5.78 Å². The van der Waals surface area contributed by atoms with E-state index in [0.29, 0.717) is 27.1 Å². The lowest BCUT2D eigenvalue weighted by atomic mass is 10.1. The van der Waals surface area contributed by atoms with Gasteiger partial charge in [0.1, 0.15) is 4.34 Å². The van der Waals surface area contributed by atoms with Crippen LogP contribution < -0.4 is 0 Å². The molecule has 0 saturated carbocycles. The molecule has 0 fully saturated rings. The van der Waals surface area contributed by atoms with Crippen LogP contribution in [-0.4, -0.2) is 15.6 Å². The molecule has 3 nitrogen and oxygen atoms in total. The molecule has 0 radical (unpaired) electrons. The quantitative estimate of drug-likeness (QED) is 0.806. The Morgan fingerprint density at radius 2 is 2.29 bits per heavy atom. The van der Waals surface area contributed by atoms with E-state index in [4.69, 9.17) is 23.2 Å². The lowest BCUT2D eigenvalue weighted by Gasteiger charge is -2.01. The first-order valence-corrected chi connectivity index (χ1v) is 6.60. The highest BCUT2D eigenvalue weighted by atomic mass is 35.5. The molecule has 2 rings (SSSR count). The molecule has 0 bridgehead atoms. The van der Waals surface area contributed by atoms with Gasteiger partial charge in [-0.1, -0.05) is 23.2 Å². The van der Waals surface area contributed by atoms with Gasteiger partial charge in [-0.05, 0) is 18.6 Å². The SMILES string of the molecule is Cn1nccc1CCC(=O)c1cc(Cl)sc1Cl. The number of rotatable bonds is 4. The molecule has 0 aliphatic rings. The molecular weight excluding hydrogens is 279 g/mol. The molecule has 0 amide bonds. The summed E-state index contributed by atoms with van der Waals surface area (Å²) in [5.74, 6) is 0.0133. The minimum absolute atomic E-state index is 0.0133. The second-order valence-electron chi connectivity index (χ2n) is 3.61. The number of aryl methyl sites for hydroxylation is 2. The zero-order valence-corrected chi connectivity index (χ0v) is 11.4. The van der Waals surface area contributed by atoms with Gasteiger partial charge in [-0.3, -0.25) is 9.48 Å². The third-order valence-corrected chi connectivity index (χ3v) is 3.98. The van der Waals surface area contributed by atoms with Crippen molar-refractivity contribution < 1.29 is 4.79 Å². The molecule has 0 aliphatic heterocycles. The Balaban J connectivity index is 2.03. The van der Waals surface area contributed by atoms with E-state index in [1.165, 1.54) is 11.3 Å². The van der Waals surface area contributed by atoms with Gasteiger partial charge in [0.2, 0.25) is 0 Å². The summed E-state index contributed by atoms with van der Waals surface area (Å²) in [4.78, 5) is 11.9. The van der Waals surface area contributed by atoms with Crippen molar-refractivity contribution in [2.24, 2.45) is 7.05 Å². The van der Waals surface area contributed by atoms with Crippen LogP contribution in [0.25, 0.3) is 0 Å². The van der Waals surface area contributed by atoms with E-state index < -0.39 is 0 Å². The summed E-state index contributed by atoms with van der Waals surface area (Å²) < 4.78 is 2.76. The van der Waals surface area contributed by atoms with Crippen LogP contribution in [0.15, 0.2) is 18.3 Å². The molecule has 2 aromatic heterocycles. The minimum atomic E-state index is 0.0133. The first-order chi connectivity index (χ1) is 8.08. The number of aromatic nitrogens is 2. The van der Waals surface area contributed by atoms with Crippen molar-refractivity contribution in [3.05, 3.63) is 38.3 Å². The average Bonchev–Trinajstić information content (AvgIpc) is 2.81. The van der Waals surface area contributed by atoms with Gasteiger partial charge in [-0.2, -0.15) is 5.10 Å². The van der Waals surface area contributed by atoms with Crippen molar-refractivity contribution >= 4 is 40.3 Å². The summed E-state index contributed by atoms with van der Waals surface area (Å²) in [6.45, 7) is 0. The van der Waals surface area contributed by atoms with Crippen LogP contribution in [0.1, 0.15) is 22.5 Å². The van der Waals surface area contributed by atoms with E-state index in [9.17, 15) is 4.79 Å². The van der Waals surface area contributed by atoms with Gasteiger partial charge in [0, 0.05) is 30.9 Å². The van der Waals surface area contributed by atoms with Crippen LogP contribution in [0.3, 0.4) is 0 Å². The zero-order chi connectivity index (χ0) is 12.4. The fourth-order valence-corrected chi connectivity index (χ4v) is 3.05. The van der Waals surface area contributed by atoms with Crippen LogP contribution in [0.4, 0.5) is 0 Å². The molecule has 0 aliphatic carbocycles. The lowest BCUT2D eigenvalue weighted by molar-refractivity contribution is 0.0983. The van der Waals surface area contributed by atoms with Gasteiger partial charge >= 0.3 is 0 Å². The molecule has 2 heterocycles. The van der Waals surface area contributed by atoms with E-state index in [2.05, 4.69) is 5.10 Å². The topological polar surface area (TPSA) is 34.9 Å². The van der Waals surface area contributed by atoms with Crippen molar-refractivity contribution in [2.45, 2.75) is 12.8 Å². The normalized spacial score (nSPS) is 10.8. The maximum Gasteiger partial charge on any atom is 0.165 e. The van der Waals surface area contributed by atoms with Crippen molar-refractivity contribution in [3.63, 3.8) is 0 Å². The van der Waals surface area contributed by atoms with E-state index in [1.807, 2.05) is 13.1 Å². The predicted molar refractivity (Wildman–Crippen MR) is 70.2 cm³/mol. The minimum Gasteiger partial charge on any atom is -0.294 e. The third kappa shape index (κ3) is 2.89. The number of carbonyl (C=O) groups excluding carboxylic acids is 1. The molecule has 0 atom stereocenters. The van der Waals surface area contributed by atoms with Gasteiger partial charge in [0.25, 0.3) is 0 Å². The Morgan fingerprint density at radius 1 is 1.53 bits per heavy atom. The molecule has 0 saturated heterocycles. The van der Waals surface area contributed by atoms with Gasteiger partial charge < -0.3 is 0 Å². The summed E-state index contributed by atoms with van der Waals surface area (Å²) >= 11 is 12.9. The first kappa shape index (κ1) is 12.6.